The number of nitrogens with one attached hydrogen (secondary N) is 1. The minimum atomic E-state index is -4.68. The van der Waals surface area contributed by atoms with Crippen molar-refractivity contribution >= 4 is 11.3 Å². The molecule has 0 aliphatic rings. The molecule has 1 unspecified atom stereocenters. The molecule has 0 spiro atoms. The van der Waals surface area contributed by atoms with Crippen LogP contribution in [0.1, 0.15) is 16.5 Å². The zero-order chi connectivity index (χ0) is 14.6. The molecule has 1 atom stereocenters. The second-order valence-corrected chi connectivity index (χ2v) is 5.15. The van der Waals surface area contributed by atoms with Crippen LogP contribution >= 0.6 is 11.3 Å². The maximum Gasteiger partial charge on any atom is 0.573 e. The number of hydrazine groups is 1. The van der Waals surface area contributed by atoms with Crippen molar-refractivity contribution in [1.82, 2.24) is 5.43 Å². The van der Waals surface area contributed by atoms with E-state index in [0.29, 0.717) is 6.42 Å². The summed E-state index contributed by atoms with van der Waals surface area (Å²) in [4.78, 5) is 1.14. The van der Waals surface area contributed by atoms with Gasteiger partial charge in [0.25, 0.3) is 0 Å². The van der Waals surface area contributed by atoms with Crippen molar-refractivity contribution in [3.8, 4) is 5.75 Å². The molecule has 0 aliphatic carbocycles. The van der Waals surface area contributed by atoms with Crippen molar-refractivity contribution < 1.29 is 17.9 Å². The Kier molecular flexibility index (Phi) is 4.64. The van der Waals surface area contributed by atoms with E-state index in [9.17, 15) is 13.2 Å². The third kappa shape index (κ3) is 4.22. The highest BCUT2D eigenvalue weighted by atomic mass is 32.1. The average molecular weight is 302 g/mol. The van der Waals surface area contributed by atoms with Gasteiger partial charge in [-0.2, -0.15) is 0 Å². The van der Waals surface area contributed by atoms with Gasteiger partial charge in [-0.25, -0.2) is 0 Å². The Morgan fingerprint density at radius 1 is 1.20 bits per heavy atom. The Hall–Kier alpha value is -1.57. The van der Waals surface area contributed by atoms with Crippen LogP contribution in [0.15, 0.2) is 41.8 Å². The van der Waals surface area contributed by atoms with Gasteiger partial charge in [0.1, 0.15) is 5.75 Å². The highest BCUT2D eigenvalue weighted by molar-refractivity contribution is 7.09. The number of hydrogen-bond acceptors (Lipinski definition) is 4. The molecular formula is C13H13F3N2OS. The number of ether oxygens (including phenoxy) is 1. The molecule has 2 aromatic rings. The minimum Gasteiger partial charge on any atom is -0.406 e. The molecule has 1 aromatic heterocycles. The summed E-state index contributed by atoms with van der Waals surface area (Å²) in [7, 11) is 0. The lowest BCUT2D eigenvalue weighted by Gasteiger charge is -2.16. The quantitative estimate of drug-likeness (QED) is 0.657. The smallest absolute Gasteiger partial charge is 0.406 e. The van der Waals surface area contributed by atoms with E-state index in [1.165, 1.54) is 12.1 Å². The molecular weight excluding hydrogens is 289 g/mol. The summed E-state index contributed by atoms with van der Waals surface area (Å²) in [6.07, 6.45) is -4.00. The van der Waals surface area contributed by atoms with Crippen LogP contribution < -0.4 is 16.0 Å². The van der Waals surface area contributed by atoms with E-state index in [0.717, 1.165) is 10.4 Å². The molecule has 3 N–H and O–H groups in total. The lowest BCUT2D eigenvalue weighted by atomic mass is 10.0. The van der Waals surface area contributed by atoms with Crippen LogP contribution in [0.2, 0.25) is 0 Å². The summed E-state index contributed by atoms with van der Waals surface area (Å²) in [5, 5.41) is 1.96. The number of thiophene rings is 1. The Morgan fingerprint density at radius 2 is 1.90 bits per heavy atom. The molecule has 0 amide bonds. The fraction of sp³-hybridized carbons (Fsp3) is 0.231. The summed E-state index contributed by atoms with van der Waals surface area (Å²) in [5.41, 5.74) is 3.47. The van der Waals surface area contributed by atoms with Crippen LogP contribution in [0.4, 0.5) is 13.2 Å². The molecule has 0 saturated heterocycles. The van der Waals surface area contributed by atoms with Crippen molar-refractivity contribution in [2.45, 2.75) is 18.8 Å². The minimum absolute atomic E-state index is 0.159. The zero-order valence-corrected chi connectivity index (χ0v) is 11.2. The standard InChI is InChI=1S/C13H13F3N2OS/c14-13(15,16)19-10-5-3-9(4-6-10)12(18-17)8-11-2-1-7-20-11/h1-7,12,18H,8,17H2. The average Bonchev–Trinajstić information content (AvgIpc) is 2.88. The molecule has 1 aromatic carbocycles. The highest BCUT2D eigenvalue weighted by Gasteiger charge is 2.31. The van der Waals surface area contributed by atoms with Gasteiger partial charge >= 0.3 is 6.36 Å². The molecule has 0 radical (unpaired) electrons. The fourth-order valence-electron chi connectivity index (χ4n) is 1.80. The van der Waals surface area contributed by atoms with Gasteiger partial charge in [0.15, 0.2) is 0 Å². The molecule has 0 fully saturated rings. The van der Waals surface area contributed by atoms with Crippen LogP contribution in [0, 0.1) is 0 Å². The second kappa shape index (κ2) is 6.25. The molecule has 0 aliphatic heterocycles. The predicted molar refractivity (Wildman–Crippen MR) is 71.2 cm³/mol. The number of nitrogens with two attached hydrogens (primary N) is 1. The summed E-state index contributed by atoms with van der Waals surface area (Å²) < 4.78 is 40.0. The SMILES string of the molecule is NNC(Cc1cccs1)c1ccc(OC(F)(F)F)cc1. The third-order valence-corrected chi connectivity index (χ3v) is 3.60. The lowest BCUT2D eigenvalue weighted by Crippen LogP contribution is -2.29. The summed E-state index contributed by atoms with van der Waals surface area (Å²) in [5.74, 6) is 5.26. The number of halogens is 3. The Bertz CT molecular complexity index is 526. The van der Waals surface area contributed by atoms with Gasteiger partial charge in [0.05, 0.1) is 6.04 Å². The number of alkyl halides is 3. The van der Waals surface area contributed by atoms with Gasteiger partial charge in [-0.3, -0.25) is 11.3 Å². The summed E-state index contributed by atoms with van der Waals surface area (Å²) >= 11 is 1.60. The molecule has 3 nitrogen and oxygen atoms in total. The van der Waals surface area contributed by atoms with Crippen molar-refractivity contribution in [1.29, 1.82) is 0 Å². The van der Waals surface area contributed by atoms with E-state index in [2.05, 4.69) is 10.2 Å². The van der Waals surface area contributed by atoms with E-state index < -0.39 is 6.36 Å². The van der Waals surface area contributed by atoms with E-state index >= 15 is 0 Å². The molecule has 20 heavy (non-hydrogen) atoms. The first-order chi connectivity index (χ1) is 9.48. The maximum absolute atomic E-state index is 12.1. The van der Waals surface area contributed by atoms with Crippen LogP contribution in [-0.4, -0.2) is 6.36 Å². The van der Waals surface area contributed by atoms with E-state index in [1.807, 2.05) is 17.5 Å². The van der Waals surface area contributed by atoms with Crippen LogP contribution in [-0.2, 0) is 6.42 Å². The van der Waals surface area contributed by atoms with Crippen LogP contribution in [0.3, 0.4) is 0 Å². The number of benzene rings is 1. The van der Waals surface area contributed by atoms with Crippen molar-refractivity contribution in [3.63, 3.8) is 0 Å². The molecule has 108 valence electrons. The van der Waals surface area contributed by atoms with Crippen molar-refractivity contribution in [2.24, 2.45) is 5.84 Å². The molecule has 0 bridgehead atoms. The number of rotatable bonds is 5. The second-order valence-electron chi connectivity index (χ2n) is 4.12. The van der Waals surface area contributed by atoms with Crippen LogP contribution in [0.5, 0.6) is 5.75 Å². The van der Waals surface area contributed by atoms with E-state index in [-0.39, 0.29) is 11.8 Å². The lowest BCUT2D eigenvalue weighted by molar-refractivity contribution is -0.274. The highest BCUT2D eigenvalue weighted by Crippen LogP contribution is 2.26. The number of hydrogen-bond donors (Lipinski definition) is 2. The van der Waals surface area contributed by atoms with Gasteiger partial charge in [-0.05, 0) is 29.1 Å². The summed E-state index contributed by atoms with van der Waals surface area (Å²) in [6, 6.07) is 9.46. The first kappa shape index (κ1) is 14.8. The van der Waals surface area contributed by atoms with E-state index in [1.54, 1.807) is 23.5 Å². The Morgan fingerprint density at radius 3 is 2.40 bits per heavy atom. The van der Waals surface area contributed by atoms with Gasteiger partial charge < -0.3 is 4.74 Å². The first-order valence-electron chi connectivity index (χ1n) is 5.82. The monoisotopic (exact) mass is 302 g/mol. The zero-order valence-electron chi connectivity index (χ0n) is 10.4. The van der Waals surface area contributed by atoms with E-state index in [4.69, 9.17) is 5.84 Å². The maximum atomic E-state index is 12.1. The predicted octanol–water partition coefficient (Wildman–Crippen LogP) is 3.39. The third-order valence-electron chi connectivity index (χ3n) is 2.70. The van der Waals surface area contributed by atoms with Gasteiger partial charge in [0, 0.05) is 11.3 Å². The topological polar surface area (TPSA) is 47.3 Å². The van der Waals surface area contributed by atoms with Crippen molar-refractivity contribution in [3.05, 3.63) is 52.2 Å². The molecule has 1 heterocycles. The Balaban J connectivity index is 2.07. The van der Waals surface area contributed by atoms with Gasteiger partial charge in [0.2, 0.25) is 0 Å². The normalized spacial score (nSPS) is 13.2. The molecule has 2 rings (SSSR count). The van der Waals surface area contributed by atoms with Crippen LogP contribution in [0.25, 0.3) is 0 Å². The van der Waals surface area contributed by atoms with Gasteiger partial charge in [-0.1, -0.05) is 18.2 Å². The first-order valence-corrected chi connectivity index (χ1v) is 6.70. The molecule has 7 heteroatoms. The summed E-state index contributed by atoms with van der Waals surface area (Å²) in [6.45, 7) is 0. The van der Waals surface area contributed by atoms with Gasteiger partial charge in [-0.15, -0.1) is 24.5 Å². The molecule has 0 saturated carbocycles. The largest absolute Gasteiger partial charge is 0.573 e. The Labute approximate surface area is 118 Å². The fourth-order valence-corrected chi connectivity index (χ4v) is 2.56. The van der Waals surface area contributed by atoms with Crippen molar-refractivity contribution in [2.75, 3.05) is 0 Å².